The second-order valence-electron chi connectivity index (χ2n) is 5.08. The van der Waals surface area contributed by atoms with Gasteiger partial charge in [0.2, 0.25) is 0 Å². The minimum Gasteiger partial charge on any atom is -0.310 e. The Morgan fingerprint density at radius 2 is 1.94 bits per heavy atom. The molecule has 1 aromatic carbocycles. The summed E-state index contributed by atoms with van der Waals surface area (Å²) >= 11 is 0. The molecule has 1 aliphatic carbocycles. The third kappa shape index (κ3) is 2.18. The molecule has 0 amide bonds. The second kappa shape index (κ2) is 3.73. The average molecular weight is 241 g/mol. The fraction of sp³-hybridized carbons (Fsp3) is 0.538. The Morgan fingerprint density at radius 3 is 2.65 bits per heavy atom. The van der Waals surface area contributed by atoms with Gasteiger partial charge in [-0.3, -0.25) is 0 Å². The van der Waals surface area contributed by atoms with Gasteiger partial charge in [0.05, 0.1) is 5.56 Å². The normalized spacial score (nSPS) is 32.1. The third-order valence-corrected chi connectivity index (χ3v) is 3.85. The lowest BCUT2D eigenvalue weighted by atomic mass is 9.96. The molecule has 1 nitrogen and oxygen atoms in total. The predicted octanol–water partition coefficient (Wildman–Crippen LogP) is 3.38. The quantitative estimate of drug-likeness (QED) is 0.794. The average Bonchev–Trinajstić information content (AvgIpc) is 3.06. The molecule has 1 aliphatic heterocycles. The first-order valence-electron chi connectivity index (χ1n) is 5.94. The predicted molar refractivity (Wildman–Crippen MR) is 58.4 cm³/mol. The molecule has 0 radical (unpaired) electrons. The zero-order valence-electron chi connectivity index (χ0n) is 9.30. The largest absolute Gasteiger partial charge is 0.416 e. The smallest absolute Gasteiger partial charge is 0.310 e. The highest BCUT2D eigenvalue weighted by molar-refractivity contribution is 5.28. The minimum absolute atomic E-state index is 0.0982. The molecule has 1 saturated heterocycles. The Labute approximate surface area is 98.0 Å². The highest BCUT2D eigenvalue weighted by Gasteiger charge is 2.42. The molecule has 3 unspecified atom stereocenters. The molecular weight excluding hydrogens is 227 g/mol. The Kier molecular flexibility index (Phi) is 2.43. The molecule has 1 saturated carbocycles. The van der Waals surface area contributed by atoms with Crippen LogP contribution >= 0.6 is 0 Å². The van der Waals surface area contributed by atoms with Crippen molar-refractivity contribution < 1.29 is 13.2 Å². The van der Waals surface area contributed by atoms with E-state index in [9.17, 15) is 13.2 Å². The summed E-state index contributed by atoms with van der Waals surface area (Å²) in [5.74, 6) is 1.51. The van der Waals surface area contributed by atoms with Gasteiger partial charge in [-0.05, 0) is 48.9 Å². The van der Waals surface area contributed by atoms with Crippen LogP contribution in [0.1, 0.15) is 30.0 Å². The lowest BCUT2D eigenvalue weighted by molar-refractivity contribution is -0.137. The lowest BCUT2D eigenvalue weighted by Crippen LogP contribution is -2.28. The Bertz CT molecular complexity index is 427. The number of hydrogen-bond acceptors (Lipinski definition) is 1. The van der Waals surface area contributed by atoms with Crippen LogP contribution in [0.15, 0.2) is 24.3 Å². The number of hydrogen-bond donors (Lipinski definition) is 1. The van der Waals surface area contributed by atoms with E-state index in [2.05, 4.69) is 5.32 Å². The van der Waals surface area contributed by atoms with Crippen molar-refractivity contribution in [1.82, 2.24) is 5.32 Å². The summed E-state index contributed by atoms with van der Waals surface area (Å²) < 4.78 is 37.8. The molecule has 2 fully saturated rings. The van der Waals surface area contributed by atoms with E-state index in [1.54, 1.807) is 6.07 Å². The SMILES string of the molecule is FC(F)(F)c1cccc(C2CC3CC3CN2)c1. The molecule has 1 heterocycles. The van der Waals surface area contributed by atoms with E-state index in [0.717, 1.165) is 36.4 Å². The fourth-order valence-corrected chi connectivity index (χ4v) is 2.71. The first-order valence-corrected chi connectivity index (χ1v) is 5.94. The van der Waals surface area contributed by atoms with Crippen molar-refractivity contribution >= 4 is 0 Å². The maximum atomic E-state index is 12.6. The molecule has 0 aromatic heterocycles. The van der Waals surface area contributed by atoms with Gasteiger partial charge in [0, 0.05) is 6.04 Å². The van der Waals surface area contributed by atoms with Crippen LogP contribution in [0.25, 0.3) is 0 Å². The van der Waals surface area contributed by atoms with Gasteiger partial charge in [0.25, 0.3) is 0 Å². The number of benzene rings is 1. The molecule has 17 heavy (non-hydrogen) atoms. The van der Waals surface area contributed by atoms with Crippen molar-refractivity contribution in [3.8, 4) is 0 Å². The van der Waals surface area contributed by atoms with Crippen molar-refractivity contribution in [1.29, 1.82) is 0 Å². The molecular formula is C13H14F3N. The van der Waals surface area contributed by atoms with Gasteiger partial charge in [0.1, 0.15) is 0 Å². The zero-order valence-corrected chi connectivity index (χ0v) is 9.30. The van der Waals surface area contributed by atoms with Gasteiger partial charge in [-0.1, -0.05) is 12.1 Å². The van der Waals surface area contributed by atoms with Crippen molar-refractivity contribution in [2.24, 2.45) is 11.8 Å². The van der Waals surface area contributed by atoms with Crippen LogP contribution in [0.4, 0.5) is 13.2 Å². The van der Waals surface area contributed by atoms with E-state index in [4.69, 9.17) is 0 Å². The summed E-state index contributed by atoms with van der Waals surface area (Å²) in [6, 6.07) is 5.79. The Morgan fingerprint density at radius 1 is 1.12 bits per heavy atom. The number of nitrogens with one attached hydrogen (secondary N) is 1. The lowest BCUT2D eigenvalue weighted by Gasteiger charge is -2.24. The van der Waals surface area contributed by atoms with E-state index in [-0.39, 0.29) is 6.04 Å². The van der Waals surface area contributed by atoms with Crippen LogP contribution in [0.2, 0.25) is 0 Å². The van der Waals surface area contributed by atoms with Gasteiger partial charge >= 0.3 is 6.18 Å². The summed E-state index contributed by atoms with van der Waals surface area (Å²) in [4.78, 5) is 0. The zero-order chi connectivity index (χ0) is 12.0. The summed E-state index contributed by atoms with van der Waals surface area (Å²) in [6.07, 6.45) is -2.03. The Balaban J connectivity index is 1.82. The maximum absolute atomic E-state index is 12.6. The van der Waals surface area contributed by atoms with E-state index < -0.39 is 11.7 Å². The second-order valence-corrected chi connectivity index (χ2v) is 5.08. The first-order chi connectivity index (χ1) is 8.04. The van der Waals surface area contributed by atoms with Gasteiger partial charge in [0.15, 0.2) is 0 Å². The molecule has 3 atom stereocenters. The number of fused-ring (bicyclic) bond motifs is 1. The highest BCUT2D eigenvalue weighted by atomic mass is 19.4. The molecule has 1 aromatic rings. The Hall–Kier alpha value is -1.03. The van der Waals surface area contributed by atoms with Crippen molar-refractivity contribution in [2.75, 3.05) is 6.54 Å². The molecule has 0 spiro atoms. The summed E-state index contributed by atoms with van der Waals surface area (Å²) in [6.45, 7) is 0.950. The van der Waals surface area contributed by atoms with Crippen LogP contribution in [0, 0.1) is 11.8 Å². The number of alkyl halides is 3. The van der Waals surface area contributed by atoms with Gasteiger partial charge in [-0.15, -0.1) is 0 Å². The number of piperidine rings is 1. The monoisotopic (exact) mass is 241 g/mol. The molecule has 2 aliphatic rings. The van der Waals surface area contributed by atoms with Gasteiger partial charge in [-0.25, -0.2) is 0 Å². The first kappa shape index (κ1) is 11.1. The summed E-state index contributed by atoms with van der Waals surface area (Å²) in [5.41, 5.74) is 0.222. The van der Waals surface area contributed by atoms with Crippen LogP contribution in [0.3, 0.4) is 0 Å². The highest BCUT2D eigenvalue weighted by Crippen LogP contribution is 2.47. The molecule has 0 bridgehead atoms. The molecule has 3 rings (SSSR count). The maximum Gasteiger partial charge on any atom is 0.416 e. The van der Waals surface area contributed by atoms with Crippen molar-refractivity contribution in [2.45, 2.75) is 25.1 Å². The van der Waals surface area contributed by atoms with Crippen molar-refractivity contribution in [3.05, 3.63) is 35.4 Å². The molecule has 92 valence electrons. The number of rotatable bonds is 1. The number of halogens is 3. The standard InChI is InChI=1S/C13H14F3N/c14-13(15,16)11-3-1-2-8(5-11)12-6-9-4-10(9)7-17-12/h1-3,5,9-10,12,17H,4,6-7H2. The summed E-state index contributed by atoms with van der Waals surface area (Å²) in [7, 11) is 0. The molecule has 1 N–H and O–H groups in total. The third-order valence-electron chi connectivity index (χ3n) is 3.85. The minimum atomic E-state index is -4.24. The van der Waals surface area contributed by atoms with Crippen LogP contribution in [-0.2, 0) is 6.18 Å². The summed E-state index contributed by atoms with van der Waals surface area (Å²) in [5, 5.41) is 3.34. The van der Waals surface area contributed by atoms with Crippen molar-refractivity contribution in [3.63, 3.8) is 0 Å². The van der Waals surface area contributed by atoms with Gasteiger partial charge < -0.3 is 5.32 Å². The molecule has 4 heteroatoms. The van der Waals surface area contributed by atoms with E-state index in [1.165, 1.54) is 18.6 Å². The topological polar surface area (TPSA) is 12.0 Å². The van der Waals surface area contributed by atoms with E-state index in [0.29, 0.717) is 0 Å². The van der Waals surface area contributed by atoms with E-state index in [1.807, 2.05) is 0 Å². The van der Waals surface area contributed by atoms with Crippen LogP contribution in [0.5, 0.6) is 0 Å². The van der Waals surface area contributed by atoms with Crippen LogP contribution in [-0.4, -0.2) is 6.54 Å². The van der Waals surface area contributed by atoms with E-state index >= 15 is 0 Å². The van der Waals surface area contributed by atoms with Crippen LogP contribution < -0.4 is 5.32 Å². The fourth-order valence-electron chi connectivity index (χ4n) is 2.71. The van der Waals surface area contributed by atoms with Gasteiger partial charge in [-0.2, -0.15) is 13.2 Å².